The minimum Gasteiger partial charge on any atom is -0.369 e. The fourth-order valence-electron chi connectivity index (χ4n) is 1.64. The SMILES string of the molecule is CCCNc1cncc(Nc2cc(Cl)c(C)cc2Cl)n1. The largest absolute Gasteiger partial charge is 0.369 e. The van der Waals surface area contributed by atoms with E-state index < -0.39 is 0 Å². The Labute approximate surface area is 128 Å². The molecule has 1 aromatic carbocycles. The van der Waals surface area contributed by atoms with E-state index >= 15 is 0 Å². The summed E-state index contributed by atoms with van der Waals surface area (Å²) >= 11 is 12.3. The van der Waals surface area contributed by atoms with E-state index in [1.807, 2.05) is 13.0 Å². The van der Waals surface area contributed by atoms with Crippen LogP contribution in [0.25, 0.3) is 0 Å². The first-order valence-corrected chi connectivity index (χ1v) is 7.14. The lowest BCUT2D eigenvalue weighted by atomic mass is 10.2. The maximum Gasteiger partial charge on any atom is 0.151 e. The Morgan fingerprint density at radius 1 is 1.10 bits per heavy atom. The van der Waals surface area contributed by atoms with Gasteiger partial charge in [0, 0.05) is 11.6 Å². The number of halogens is 2. The molecule has 0 atom stereocenters. The first-order valence-electron chi connectivity index (χ1n) is 6.38. The second kappa shape index (κ2) is 6.77. The zero-order chi connectivity index (χ0) is 14.5. The molecule has 20 heavy (non-hydrogen) atoms. The van der Waals surface area contributed by atoms with Gasteiger partial charge in [0.15, 0.2) is 5.82 Å². The van der Waals surface area contributed by atoms with Crippen molar-refractivity contribution in [2.24, 2.45) is 0 Å². The summed E-state index contributed by atoms with van der Waals surface area (Å²) in [5.74, 6) is 1.35. The van der Waals surface area contributed by atoms with Gasteiger partial charge in [0.1, 0.15) is 5.82 Å². The molecule has 1 heterocycles. The third-order valence-corrected chi connectivity index (χ3v) is 3.42. The van der Waals surface area contributed by atoms with Crippen molar-refractivity contribution in [1.82, 2.24) is 9.97 Å². The van der Waals surface area contributed by atoms with Crippen molar-refractivity contribution in [2.75, 3.05) is 17.2 Å². The van der Waals surface area contributed by atoms with Crippen molar-refractivity contribution in [2.45, 2.75) is 20.3 Å². The molecule has 0 aliphatic carbocycles. The van der Waals surface area contributed by atoms with E-state index in [2.05, 4.69) is 27.5 Å². The molecule has 2 N–H and O–H groups in total. The zero-order valence-electron chi connectivity index (χ0n) is 11.4. The average molecular weight is 311 g/mol. The molecule has 1 aromatic heterocycles. The van der Waals surface area contributed by atoms with Crippen molar-refractivity contribution >= 4 is 40.5 Å². The third-order valence-electron chi connectivity index (χ3n) is 2.70. The summed E-state index contributed by atoms with van der Waals surface area (Å²) in [4.78, 5) is 8.55. The van der Waals surface area contributed by atoms with Gasteiger partial charge < -0.3 is 10.6 Å². The van der Waals surface area contributed by atoms with Gasteiger partial charge >= 0.3 is 0 Å². The standard InChI is InChI=1S/C14H16Cl2N4/c1-3-4-18-13-7-17-8-14(20-13)19-12-6-10(15)9(2)5-11(12)16/h5-8H,3-4H2,1-2H3,(H2,18,19,20). The Bertz CT molecular complexity index is 602. The molecule has 2 rings (SSSR count). The lowest BCUT2D eigenvalue weighted by Gasteiger charge is -2.11. The Balaban J connectivity index is 2.19. The molecule has 0 unspecified atom stereocenters. The minimum absolute atomic E-state index is 0.598. The molecule has 0 saturated carbocycles. The fourth-order valence-corrected chi connectivity index (χ4v) is 2.07. The van der Waals surface area contributed by atoms with E-state index in [-0.39, 0.29) is 0 Å². The quantitative estimate of drug-likeness (QED) is 0.843. The molecule has 0 amide bonds. The first-order chi connectivity index (χ1) is 9.60. The summed E-state index contributed by atoms with van der Waals surface area (Å²) in [6.45, 7) is 4.86. The summed E-state index contributed by atoms with van der Waals surface area (Å²) in [5.41, 5.74) is 1.65. The van der Waals surface area contributed by atoms with Crippen LogP contribution in [0.15, 0.2) is 24.5 Å². The maximum absolute atomic E-state index is 6.19. The minimum atomic E-state index is 0.598. The Kier molecular flexibility index (Phi) is 5.04. The summed E-state index contributed by atoms with van der Waals surface area (Å²) in [7, 11) is 0. The molecule has 106 valence electrons. The van der Waals surface area contributed by atoms with E-state index in [4.69, 9.17) is 23.2 Å². The normalized spacial score (nSPS) is 10.4. The number of rotatable bonds is 5. The maximum atomic E-state index is 6.19. The number of hydrogen-bond acceptors (Lipinski definition) is 4. The van der Waals surface area contributed by atoms with Gasteiger partial charge in [-0.3, -0.25) is 4.98 Å². The van der Waals surface area contributed by atoms with Crippen LogP contribution in [0.2, 0.25) is 10.0 Å². The monoisotopic (exact) mass is 310 g/mol. The molecular formula is C14H16Cl2N4. The lowest BCUT2D eigenvalue weighted by molar-refractivity contribution is 0.965. The number of nitrogens with one attached hydrogen (secondary N) is 2. The van der Waals surface area contributed by atoms with Crippen LogP contribution < -0.4 is 10.6 Å². The highest BCUT2D eigenvalue weighted by Crippen LogP contribution is 2.30. The van der Waals surface area contributed by atoms with Crippen molar-refractivity contribution in [3.8, 4) is 0 Å². The summed E-state index contributed by atoms with van der Waals surface area (Å²) in [6, 6.07) is 3.60. The fraction of sp³-hybridized carbons (Fsp3) is 0.286. The predicted octanol–water partition coefficient (Wildman–Crippen LogP) is 4.66. The van der Waals surface area contributed by atoms with Gasteiger partial charge in [0.2, 0.25) is 0 Å². The van der Waals surface area contributed by atoms with Crippen LogP contribution in [0.5, 0.6) is 0 Å². The average Bonchev–Trinajstić information content (AvgIpc) is 2.43. The van der Waals surface area contributed by atoms with E-state index in [1.165, 1.54) is 0 Å². The van der Waals surface area contributed by atoms with Gasteiger partial charge in [-0.05, 0) is 31.0 Å². The van der Waals surface area contributed by atoms with Crippen LogP contribution >= 0.6 is 23.2 Å². The number of anilines is 3. The van der Waals surface area contributed by atoms with E-state index in [9.17, 15) is 0 Å². The van der Waals surface area contributed by atoms with Crippen LogP contribution in [-0.4, -0.2) is 16.5 Å². The van der Waals surface area contributed by atoms with Gasteiger partial charge in [0.05, 0.1) is 23.1 Å². The predicted molar refractivity (Wildman–Crippen MR) is 85.3 cm³/mol. The summed E-state index contributed by atoms with van der Waals surface area (Å²) in [6.07, 6.45) is 4.35. The van der Waals surface area contributed by atoms with Crippen molar-refractivity contribution < 1.29 is 0 Å². The second-order valence-electron chi connectivity index (χ2n) is 4.42. The number of aryl methyl sites for hydroxylation is 1. The van der Waals surface area contributed by atoms with Crippen LogP contribution in [0, 0.1) is 6.92 Å². The van der Waals surface area contributed by atoms with Gasteiger partial charge in [-0.1, -0.05) is 30.1 Å². The number of benzene rings is 1. The molecule has 0 saturated heterocycles. The molecule has 0 spiro atoms. The summed E-state index contributed by atoms with van der Waals surface area (Å²) in [5, 5.41) is 7.57. The highest BCUT2D eigenvalue weighted by Gasteiger charge is 2.06. The smallest absolute Gasteiger partial charge is 0.151 e. The molecule has 4 nitrogen and oxygen atoms in total. The van der Waals surface area contributed by atoms with Crippen molar-refractivity contribution in [1.29, 1.82) is 0 Å². The van der Waals surface area contributed by atoms with E-state index in [0.717, 1.165) is 24.3 Å². The third kappa shape index (κ3) is 3.74. The topological polar surface area (TPSA) is 49.8 Å². The Morgan fingerprint density at radius 3 is 2.60 bits per heavy atom. The van der Waals surface area contributed by atoms with Gasteiger partial charge in [-0.15, -0.1) is 0 Å². The van der Waals surface area contributed by atoms with Gasteiger partial charge in [-0.25, -0.2) is 4.98 Å². The Morgan fingerprint density at radius 2 is 1.85 bits per heavy atom. The summed E-state index contributed by atoms with van der Waals surface area (Å²) < 4.78 is 0. The van der Waals surface area contributed by atoms with E-state index in [0.29, 0.717) is 21.6 Å². The van der Waals surface area contributed by atoms with Crippen LogP contribution in [0.4, 0.5) is 17.3 Å². The molecule has 0 bridgehead atoms. The molecule has 0 fully saturated rings. The number of aromatic nitrogens is 2. The molecule has 0 radical (unpaired) electrons. The Hall–Kier alpha value is -1.52. The molecule has 0 aliphatic heterocycles. The van der Waals surface area contributed by atoms with Gasteiger partial charge in [0.25, 0.3) is 0 Å². The van der Waals surface area contributed by atoms with Crippen LogP contribution in [0.3, 0.4) is 0 Å². The van der Waals surface area contributed by atoms with Crippen LogP contribution in [0.1, 0.15) is 18.9 Å². The molecule has 2 aromatic rings. The molecule has 0 aliphatic rings. The zero-order valence-corrected chi connectivity index (χ0v) is 12.9. The second-order valence-corrected chi connectivity index (χ2v) is 5.24. The lowest BCUT2D eigenvalue weighted by Crippen LogP contribution is -2.04. The molecular weight excluding hydrogens is 295 g/mol. The van der Waals surface area contributed by atoms with Crippen molar-refractivity contribution in [3.63, 3.8) is 0 Å². The molecule has 6 heteroatoms. The number of nitrogens with zero attached hydrogens (tertiary/aromatic N) is 2. The van der Waals surface area contributed by atoms with Crippen LogP contribution in [-0.2, 0) is 0 Å². The van der Waals surface area contributed by atoms with Crippen molar-refractivity contribution in [3.05, 3.63) is 40.1 Å². The van der Waals surface area contributed by atoms with E-state index in [1.54, 1.807) is 18.5 Å². The first kappa shape index (κ1) is 14.9. The highest BCUT2D eigenvalue weighted by atomic mass is 35.5. The van der Waals surface area contributed by atoms with Gasteiger partial charge in [-0.2, -0.15) is 0 Å². The number of hydrogen-bond donors (Lipinski definition) is 2. The highest BCUT2D eigenvalue weighted by molar-refractivity contribution is 6.35.